The number of nitrogen functional groups attached to an aromatic ring is 1. The lowest BCUT2D eigenvalue weighted by molar-refractivity contribution is 0.765. The Hall–Kier alpha value is -1.62. The Morgan fingerprint density at radius 3 is 2.41 bits per heavy atom. The van der Waals surface area contributed by atoms with E-state index in [9.17, 15) is 0 Å². The van der Waals surface area contributed by atoms with Crippen LogP contribution in [0.25, 0.3) is 0 Å². The Kier molecular flexibility index (Phi) is 3.28. The van der Waals surface area contributed by atoms with E-state index in [2.05, 4.69) is 28.8 Å². The van der Waals surface area contributed by atoms with E-state index >= 15 is 0 Å². The first-order chi connectivity index (χ1) is 8.11. The number of rotatable bonds is 3. The molecule has 17 heavy (non-hydrogen) atoms. The van der Waals surface area contributed by atoms with Gasteiger partial charge in [-0.3, -0.25) is 4.68 Å². The molecule has 3 N–H and O–H groups in total. The largest absolute Gasteiger partial charge is 0.394 e. The van der Waals surface area contributed by atoms with E-state index < -0.39 is 0 Å². The quantitative estimate of drug-likeness (QED) is 0.820. The van der Waals surface area contributed by atoms with Crippen LogP contribution in [0.15, 0.2) is 29.2 Å². The maximum absolute atomic E-state index is 5.96. The molecule has 0 radical (unpaired) electrons. The first kappa shape index (κ1) is 11.9. The minimum absolute atomic E-state index is 0.696. The molecule has 0 bridgehead atoms. The zero-order valence-electron chi connectivity index (χ0n) is 10.2. The van der Waals surface area contributed by atoms with E-state index in [1.807, 2.05) is 26.1 Å². The van der Waals surface area contributed by atoms with Gasteiger partial charge >= 0.3 is 0 Å². The molecule has 0 fully saturated rings. The van der Waals surface area contributed by atoms with Crippen molar-refractivity contribution in [3.8, 4) is 0 Å². The van der Waals surface area contributed by atoms with Crippen molar-refractivity contribution >= 4 is 29.0 Å². The molecule has 0 saturated carbocycles. The summed E-state index contributed by atoms with van der Waals surface area (Å²) in [6.45, 7) is 1.90. The van der Waals surface area contributed by atoms with Crippen LogP contribution in [0.2, 0.25) is 0 Å². The summed E-state index contributed by atoms with van der Waals surface area (Å²) in [5.41, 5.74) is 8.51. The minimum atomic E-state index is 0.696. The van der Waals surface area contributed by atoms with Crippen LogP contribution in [0.5, 0.6) is 0 Å². The Morgan fingerprint density at radius 2 is 1.94 bits per heavy atom. The van der Waals surface area contributed by atoms with Gasteiger partial charge in [0.2, 0.25) is 0 Å². The lowest BCUT2D eigenvalue weighted by atomic mass is 10.3. The summed E-state index contributed by atoms with van der Waals surface area (Å²) in [6, 6.07) is 8.22. The van der Waals surface area contributed by atoms with Gasteiger partial charge < -0.3 is 11.1 Å². The first-order valence-electron chi connectivity index (χ1n) is 5.32. The van der Waals surface area contributed by atoms with Crippen LogP contribution in [-0.2, 0) is 7.05 Å². The highest BCUT2D eigenvalue weighted by atomic mass is 32.2. The van der Waals surface area contributed by atoms with Crippen molar-refractivity contribution in [3.05, 3.63) is 30.0 Å². The molecule has 1 heterocycles. The highest BCUT2D eigenvalue weighted by Crippen LogP contribution is 2.26. The monoisotopic (exact) mass is 248 g/mol. The normalized spacial score (nSPS) is 10.5. The van der Waals surface area contributed by atoms with E-state index in [1.165, 1.54) is 4.90 Å². The third-order valence-corrected chi connectivity index (χ3v) is 3.36. The summed E-state index contributed by atoms with van der Waals surface area (Å²) in [5.74, 6) is 0.833. The van der Waals surface area contributed by atoms with E-state index in [1.54, 1.807) is 16.4 Å². The third kappa shape index (κ3) is 2.39. The average Bonchev–Trinajstić information content (AvgIpc) is 2.57. The predicted molar refractivity (Wildman–Crippen MR) is 73.9 cm³/mol. The maximum Gasteiger partial charge on any atom is 0.152 e. The topological polar surface area (TPSA) is 55.9 Å². The number of nitrogens with two attached hydrogens (primary N) is 1. The van der Waals surface area contributed by atoms with E-state index in [0.717, 1.165) is 17.2 Å². The summed E-state index contributed by atoms with van der Waals surface area (Å²) in [5, 5.41) is 7.54. The summed E-state index contributed by atoms with van der Waals surface area (Å²) in [7, 11) is 1.88. The molecule has 90 valence electrons. The van der Waals surface area contributed by atoms with Gasteiger partial charge in [-0.1, -0.05) is 0 Å². The molecule has 0 aliphatic carbocycles. The number of nitrogens with one attached hydrogen (secondary N) is 1. The number of nitrogens with zero attached hydrogens (tertiary/aromatic N) is 2. The molecular formula is C12H16N4S. The molecule has 1 aromatic heterocycles. The lowest BCUT2D eigenvalue weighted by Gasteiger charge is -2.08. The summed E-state index contributed by atoms with van der Waals surface area (Å²) in [4.78, 5) is 1.24. The second-order valence-corrected chi connectivity index (χ2v) is 4.70. The number of hydrogen-bond acceptors (Lipinski definition) is 4. The molecule has 0 atom stereocenters. The number of benzene rings is 1. The Bertz CT molecular complexity index is 516. The highest BCUT2D eigenvalue weighted by Gasteiger charge is 2.09. The Labute approximate surface area is 105 Å². The average molecular weight is 248 g/mol. The fourth-order valence-corrected chi connectivity index (χ4v) is 2.04. The molecule has 0 aliphatic heterocycles. The summed E-state index contributed by atoms with van der Waals surface area (Å²) in [6.07, 6.45) is 2.06. The molecule has 0 saturated heterocycles. The highest BCUT2D eigenvalue weighted by molar-refractivity contribution is 7.98. The zero-order valence-corrected chi connectivity index (χ0v) is 11.0. The van der Waals surface area contributed by atoms with Gasteiger partial charge in [0.25, 0.3) is 0 Å². The molecule has 2 rings (SSSR count). The number of hydrogen-bond donors (Lipinski definition) is 2. The van der Waals surface area contributed by atoms with Crippen LogP contribution in [-0.4, -0.2) is 16.0 Å². The summed E-state index contributed by atoms with van der Waals surface area (Å²) < 4.78 is 1.76. The van der Waals surface area contributed by atoms with Gasteiger partial charge in [-0.2, -0.15) is 5.10 Å². The standard InChI is InChI=1S/C12H16N4S/c1-8-11(13)12(16(2)15-8)14-9-4-6-10(17-3)7-5-9/h4-7,14H,13H2,1-3H3. The van der Waals surface area contributed by atoms with Gasteiger partial charge in [-0.05, 0) is 37.4 Å². The summed E-state index contributed by atoms with van der Waals surface area (Å²) >= 11 is 1.72. The molecule has 4 nitrogen and oxygen atoms in total. The van der Waals surface area contributed by atoms with Crippen LogP contribution < -0.4 is 11.1 Å². The maximum atomic E-state index is 5.96. The number of aryl methyl sites for hydroxylation is 2. The fourth-order valence-electron chi connectivity index (χ4n) is 1.63. The van der Waals surface area contributed by atoms with Crippen molar-refractivity contribution in [1.82, 2.24) is 9.78 Å². The molecule has 5 heteroatoms. The van der Waals surface area contributed by atoms with Crippen molar-refractivity contribution in [2.75, 3.05) is 17.3 Å². The van der Waals surface area contributed by atoms with Gasteiger partial charge in [0, 0.05) is 17.6 Å². The lowest BCUT2D eigenvalue weighted by Crippen LogP contribution is -2.01. The molecule has 0 amide bonds. The van der Waals surface area contributed by atoms with Crippen molar-refractivity contribution in [3.63, 3.8) is 0 Å². The van der Waals surface area contributed by atoms with Crippen molar-refractivity contribution in [2.24, 2.45) is 7.05 Å². The third-order valence-electron chi connectivity index (χ3n) is 2.62. The van der Waals surface area contributed by atoms with E-state index in [-0.39, 0.29) is 0 Å². The van der Waals surface area contributed by atoms with E-state index in [4.69, 9.17) is 5.73 Å². The zero-order chi connectivity index (χ0) is 12.4. The smallest absolute Gasteiger partial charge is 0.152 e. The fraction of sp³-hybridized carbons (Fsp3) is 0.250. The first-order valence-corrected chi connectivity index (χ1v) is 6.54. The minimum Gasteiger partial charge on any atom is -0.394 e. The van der Waals surface area contributed by atoms with Crippen molar-refractivity contribution in [1.29, 1.82) is 0 Å². The molecule has 1 aromatic carbocycles. The second kappa shape index (κ2) is 4.71. The second-order valence-electron chi connectivity index (χ2n) is 3.82. The van der Waals surface area contributed by atoms with Crippen molar-refractivity contribution < 1.29 is 0 Å². The number of anilines is 3. The van der Waals surface area contributed by atoms with Crippen molar-refractivity contribution in [2.45, 2.75) is 11.8 Å². The van der Waals surface area contributed by atoms with Crippen LogP contribution in [0.4, 0.5) is 17.2 Å². The molecule has 0 unspecified atom stereocenters. The molecule has 0 spiro atoms. The van der Waals surface area contributed by atoms with E-state index in [0.29, 0.717) is 5.69 Å². The molecular weight excluding hydrogens is 232 g/mol. The van der Waals surface area contributed by atoms with Gasteiger partial charge in [-0.15, -0.1) is 11.8 Å². The Balaban J connectivity index is 2.25. The molecule has 2 aromatic rings. The SMILES string of the molecule is CSc1ccc(Nc2c(N)c(C)nn2C)cc1. The van der Waals surface area contributed by atoms with Gasteiger partial charge in [0.05, 0.1) is 11.4 Å². The van der Waals surface area contributed by atoms with Crippen LogP contribution in [0.3, 0.4) is 0 Å². The van der Waals surface area contributed by atoms with Crippen LogP contribution >= 0.6 is 11.8 Å². The van der Waals surface area contributed by atoms with Crippen LogP contribution in [0.1, 0.15) is 5.69 Å². The number of aromatic nitrogens is 2. The van der Waals surface area contributed by atoms with Crippen LogP contribution in [0, 0.1) is 6.92 Å². The van der Waals surface area contributed by atoms with Gasteiger partial charge in [-0.25, -0.2) is 0 Å². The molecule has 0 aliphatic rings. The van der Waals surface area contributed by atoms with Gasteiger partial charge in [0.1, 0.15) is 0 Å². The predicted octanol–water partition coefficient (Wildman–Crippen LogP) is 2.78. The van der Waals surface area contributed by atoms with Gasteiger partial charge in [0.15, 0.2) is 5.82 Å². The number of thioether (sulfide) groups is 1. The Morgan fingerprint density at radius 1 is 1.29 bits per heavy atom.